The van der Waals surface area contributed by atoms with Crippen molar-refractivity contribution in [2.75, 3.05) is 13.1 Å². The van der Waals surface area contributed by atoms with Crippen LogP contribution in [0.15, 0.2) is 24.3 Å². The quantitative estimate of drug-likeness (QED) is 0.148. The van der Waals surface area contributed by atoms with Crippen LogP contribution in [-0.2, 0) is 30.4 Å². The van der Waals surface area contributed by atoms with E-state index in [1.54, 1.807) is 12.1 Å². The van der Waals surface area contributed by atoms with Crippen LogP contribution >= 0.6 is 0 Å². The standard InChI is InChI=1S/C22H33N5O7/c1-13-5-7-14(8-6-13)10-16(21(32)27-17(22(33)34)11-19(29)30)26-18(28)12-25-20(31)15(24)4-2-3-9-23/h5-8,15-17H,2-4,9-12,23-24H2,1H3,(H,25,31)(H,26,28)(H,27,32)(H,29,30)(H,33,34)/t15-,16+,17+/m1/s1. The first-order valence-corrected chi connectivity index (χ1v) is 10.9. The van der Waals surface area contributed by atoms with Gasteiger partial charge in [-0.3, -0.25) is 19.2 Å². The average molecular weight is 480 g/mol. The SMILES string of the molecule is Cc1ccc(C[C@H](NC(=O)CNC(=O)[C@H](N)CCCCN)C(=O)N[C@@H](CC(=O)O)C(=O)O)cc1. The lowest BCUT2D eigenvalue weighted by atomic mass is 10.0. The van der Waals surface area contributed by atoms with Crippen molar-refractivity contribution in [2.45, 2.75) is 57.2 Å². The largest absolute Gasteiger partial charge is 0.481 e. The number of unbranched alkanes of at least 4 members (excludes halogenated alkanes) is 1. The van der Waals surface area contributed by atoms with E-state index in [9.17, 15) is 29.1 Å². The third kappa shape index (κ3) is 10.9. The first-order valence-electron chi connectivity index (χ1n) is 10.9. The Labute approximate surface area is 197 Å². The van der Waals surface area contributed by atoms with E-state index < -0.39 is 60.8 Å². The smallest absolute Gasteiger partial charge is 0.326 e. The number of hydrogen-bond acceptors (Lipinski definition) is 7. The van der Waals surface area contributed by atoms with Crippen molar-refractivity contribution in [2.24, 2.45) is 11.5 Å². The minimum Gasteiger partial charge on any atom is -0.481 e. The van der Waals surface area contributed by atoms with Crippen LogP contribution in [0.3, 0.4) is 0 Å². The van der Waals surface area contributed by atoms with Crippen LogP contribution in [0, 0.1) is 6.92 Å². The van der Waals surface area contributed by atoms with Crippen LogP contribution in [0.1, 0.15) is 36.8 Å². The Kier molecular flexibility index (Phi) is 12.2. The number of carbonyl (C=O) groups excluding carboxylic acids is 3. The van der Waals surface area contributed by atoms with Gasteiger partial charge in [0.25, 0.3) is 0 Å². The number of carboxylic acid groups (broad SMARTS) is 2. The molecular weight excluding hydrogens is 446 g/mol. The summed E-state index contributed by atoms with van der Waals surface area (Å²) >= 11 is 0. The summed E-state index contributed by atoms with van der Waals surface area (Å²) in [6.45, 7) is 1.91. The summed E-state index contributed by atoms with van der Waals surface area (Å²) in [5, 5.41) is 25.1. The molecule has 0 fully saturated rings. The summed E-state index contributed by atoms with van der Waals surface area (Å²) in [5.41, 5.74) is 12.8. The van der Waals surface area contributed by atoms with Crippen LogP contribution in [0.2, 0.25) is 0 Å². The Morgan fingerprint density at radius 2 is 1.59 bits per heavy atom. The summed E-state index contributed by atoms with van der Waals surface area (Å²) in [7, 11) is 0. The van der Waals surface area contributed by atoms with Gasteiger partial charge in [0, 0.05) is 6.42 Å². The molecule has 188 valence electrons. The van der Waals surface area contributed by atoms with Gasteiger partial charge in [-0.2, -0.15) is 0 Å². The molecule has 0 radical (unpaired) electrons. The van der Waals surface area contributed by atoms with Gasteiger partial charge < -0.3 is 37.6 Å². The van der Waals surface area contributed by atoms with Gasteiger partial charge in [-0.05, 0) is 31.9 Å². The van der Waals surface area contributed by atoms with E-state index in [-0.39, 0.29) is 6.42 Å². The Bertz CT molecular complexity index is 860. The molecule has 9 N–H and O–H groups in total. The number of amides is 3. The van der Waals surface area contributed by atoms with Gasteiger partial charge in [-0.25, -0.2) is 4.79 Å². The number of aliphatic carboxylic acids is 2. The van der Waals surface area contributed by atoms with Crippen molar-refractivity contribution in [3.8, 4) is 0 Å². The molecule has 0 heterocycles. The second kappa shape index (κ2) is 14.6. The topological polar surface area (TPSA) is 214 Å². The third-order valence-corrected chi connectivity index (χ3v) is 4.93. The molecule has 0 unspecified atom stereocenters. The van der Waals surface area contributed by atoms with Crippen molar-refractivity contribution in [3.05, 3.63) is 35.4 Å². The zero-order valence-electron chi connectivity index (χ0n) is 19.1. The Morgan fingerprint density at radius 3 is 2.15 bits per heavy atom. The molecular formula is C22H33N5O7. The molecule has 0 saturated carbocycles. The van der Waals surface area contributed by atoms with E-state index in [0.29, 0.717) is 24.9 Å². The van der Waals surface area contributed by atoms with E-state index in [2.05, 4.69) is 16.0 Å². The number of carbonyl (C=O) groups is 5. The first kappa shape index (κ1) is 28.5. The number of hydrogen-bond donors (Lipinski definition) is 7. The highest BCUT2D eigenvalue weighted by Gasteiger charge is 2.28. The lowest BCUT2D eigenvalue weighted by Crippen LogP contribution is -2.54. The fourth-order valence-electron chi connectivity index (χ4n) is 3.00. The summed E-state index contributed by atoms with van der Waals surface area (Å²) < 4.78 is 0. The van der Waals surface area contributed by atoms with Crippen molar-refractivity contribution in [3.63, 3.8) is 0 Å². The molecule has 0 aliphatic rings. The van der Waals surface area contributed by atoms with Crippen LogP contribution in [-0.4, -0.2) is 71.1 Å². The summed E-state index contributed by atoms with van der Waals surface area (Å²) in [5.74, 6) is -5.02. The highest BCUT2D eigenvalue weighted by atomic mass is 16.4. The first-order chi connectivity index (χ1) is 16.0. The average Bonchev–Trinajstić information content (AvgIpc) is 2.77. The predicted octanol–water partition coefficient (Wildman–Crippen LogP) is -1.36. The van der Waals surface area contributed by atoms with E-state index in [4.69, 9.17) is 16.6 Å². The number of carboxylic acids is 2. The fourth-order valence-corrected chi connectivity index (χ4v) is 3.00. The molecule has 1 rings (SSSR count). The minimum atomic E-state index is -1.67. The Balaban J connectivity index is 2.83. The van der Waals surface area contributed by atoms with Crippen molar-refractivity contribution < 1.29 is 34.2 Å². The number of rotatable bonds is 15. The molecule has 0 aliphatic carbocycles. The zero-order chi connectivity index (χ0) is 25.7. The lowest BCUT2D eigenvalue weighted by Gasteiger charge is -2.21. The Morgan fingerprint density at radius 1 is 0.941 bits per heavy atom. The number of nitrogens with one attached hydrogen (secondary N) is 3. The molecule has 12 nitrogen and oxygen atoms in total. The lowest BCUT2D eigenvalue weighted by molar-refractivity contribution is -0.147. The van der Waals surface area contributed by atoms with Gasteiger partial charge in [0.1, 0.15) is 12.1 Å². The predicted molar refractivity (Wildman–Crippen MR) is 123 cm³/mol. The normalized spacial score (nSPS) is 13.3. The van der Waals surface area contributed by atoms with Crippen molar-refractivity contribution >= 4 is 29.7 Å². The molecule has 0 aliphatic heterocycles. The Hall–Kier alpha value is -3.51. The van der Waals surface area contributed by atoms with Crippen LogP contribution in [0.5, 0.6) is 0 Å². The highest BCUT2D eigenvalue weighted by Crippen LogP contribution is 2.07. The molecule has 3 atom stereocenters. The molecule has 0 aromatic heterocycles. The molecule has 0 saturated heterocycles. The molecule has 3 amide bonds. The van der Waals surface area contributed by atoms with Gasteiger partial charge >= 0.3 is 11.9 Å². The number of aryl methyl sites for hydroxylation is 1. The minimum absolute atomic E-state index is 0.0177. The number of nitrogens with two attached hydrogens (primary N) is 2. The second-order valence-corrected chi connectivity index (χ2v) is 7.92. The van der Waals surface area contributed by atoms with Gasteiger partial charge in [0.15, 0.2) is 0 Å². The van der Waals surface area contributed by atoms with E-state index >= 15 is 0 Å². The summed E-state index contributed by atoms with van der Waals surface area (Å²) in [6, 6.07) is 3.42. The highest BCUT2D eigenvalue weighted by molar-refractivity contribution is 5.93. The van der Waals surface area contributed by atoms with Crippen LogP contribution in [0.25, 0.3) is 0 Å². The van der Waals surface area contributed by atoms with E-state index in [0.717, 1.165) is 12.0 Å². The summed E-state index contributed by atoms with van der Waals surface area (Å²) in [4.78, 5) is 59.4. The molecule has 34 heavy (non-hydrogen) atoms. The van der Waals surface area contributed by atoms with Crippen LogP contribution in [0.4, 0.5) is 0 Å². The second-order valence-electron chi connectivity index (χ2n) is 7.92. The monoisotopic (exact) mass is 479 g/mol. The van der Waals surface area contributed by atoms with Gasteiger partial charge in [0.05, 0.1) is 19.0 Å². The van der Waals surface area contributed by atoms with E-state index in [1.807, 2.05) is 19.1 Å². The van der Waals surface area contributed by atoms with Gasteiger partial charge in [-0.1, -0.05) is 36.2 Å². The maximum absolute atomic E-state index is 12.7. The van der Waals surface area contributed by atoms with Gasteiger partial charge in [-0.15, -0.1) is 0 Å². The molecule has 0 spiro atoms. The van der Waals surface area contributed by atoms with Crippen LogP contribution < -0.4 is 27.4 Å². The van der Waals surface area contributed by atoms with Gasteiger partial charge in [0.2, 0.25) is 17.7 Å². The third-order valence-electron chi connectivity index (χ3n) is 4.93. The molecule has 1 aromatic rings. The fraction of sp³-hybridized carbons (Fsp3) is 0.500. The zero-order valence-corrected chi connectivity index (χ0v) is 19.1. The van der Waals surface area contributed by atoms with Crippen molar-refractivity contribution in [1.82, 2.24) is 16.0 Å². The van der Waals surface area contributed by atoms with E-state index in [1.165, 1.54) is 0 Å². The molecule has 1 aromatic carbocycles. The maximum Gasteiger partial charge on any atom is 0.326 e. The molecule has 12 heteroatoms. The summed E-state index contributed by atoms with van der Waals surface area (Å²) in [6.07, 6.45) is 0.977. The van der Waals surface area contributed by atoms with Crippen molar-refractivity contribution in [1.29, 1.82) is 0 Å². The number of benzene rings is 1. The molecule has 0 bridgehead atoms. The maximum atomic E-state index is 12.7.